The first kappa shape index (κ1) is 17.2. The normalized spacial score (nSPS) is 17.2. The van der Waals surface area contributed by atoms with Gasteiger partial charge in [0.2, 0.25) is 0 Å². The lowest BCUT2D eigenvalue weighted by atomic mass is 9.87. The average molecular weight is 341 g/mol. The number of hydrogen-bond acceptors (Lipinski definition) is 3. The van der Waals surface area contributed by atoms with Crippen molar-refractivity contribution >= 4 is 11.9 Å². The summed E-state index contributed by atoms with van der Waals surface area (Å²) in [6.07, 6.45) is 6.54. The highest BCUT2D eigenvalue weighted by Gasteiger charge is 2.40. The number of carbonyl (C=O) groups excluding carboxylic acids is 1. The van der Waals surface area contributed by atoms with Crippen molar-refractivity contribution < 1.29 is 14.7 Å². The van der Waals surface area contributed by atoms with Crippen LogP contribution in [0, 0.1) is 0 Å². The molecule has 0 bridgehead atoms. The van der Waals surface area contributed by atoms with Gasteiger partial charge in [0, 0.05) is 6.20 Å². The van der Waals surface area contributed by atoms with E-state index in [-0.39, 0.29) is 12.1 Å². The molecule has 1 saturated carbocycles. The van der Waals surface area contributed by atoms with Crippen molar-refractivity contribution in [2.24, 2.45) is 0 Å². The number of carbonyl (C=O) groups is 2. The molecule has 0 spiro atoms. The van der Waals surface area contributed by atoms with Crippen molar-refractivity contribution in [3.8, 4) is 0 Å². The summed E-state index contributed by atoms with van der Waals surface area (Å²) in [5, 5.41) is 16.9. The summed E-state index contributed by atoms with van der Waals surface area (Å²) in [4.78, 5) is 24.7. The van der Waals surface area contributed by atoms with E-state index < -0.39 is 17.4 Å². The van der Waals surface area contributed by atoms with Crippen LogP contribution in [0.3, 0.4) is 0 Å². The van der Waals surface area contributed by atoms with Crippen LogP contribution in [0.5, 0.6) is 0 Å². The minimum Gasteiger partial charge on any atom is -0.479 e. The van der Waals surface area contributed by atoms with Crippen molar-refractivity contribution in [2.45, 2.75) is 50.6 Å². The molecule has 1 aromatic carbocycles. The first-order valence-corrected chi connectivity index (χ1v) is 8.73. The van der Waals surface area contributed by atoms with E-state index in [1.54, 1.807) is 37.3 Å². The Morgan fingerprint density at radius 2 is 1.92 bits per heavy atom. The quantitative estimate of drug-likeness (QED) is 0.845. The molecule has 1 atom stereocenters. The zero-order chi connectivity index (χ0) is 17.9. The molecule has 1 unspecified atom stereocenters. The molecule has 2 N–H and O–H groups in total. The second-order valence-electron chi connectivity index (χ2n) is 6.50. The largest absolute Gasteiger partial charge is 0.479 e. The molecule has 132 valence electrons. The minimum absolute atomic E-state index is 0.238. The number of benzene rings is 1. The second-order valence-corrected chi connectivity index (χ2v) is 6.50. The highest BCUT2D eigenvalue weighted by Crippen LogP contribution is 2.29. The molecular formula is C19H23N3O3. The Balaban J connectivity index is 1.84. The number of carboxylic acid groups (broad SMARTS) is 1. The second kappa shape index (κ2) is 7.09. The Morgan fingerprint density at radius 1 is 1.24 bits per heavy atom. The Hall–Kier alpha value is -2.63. The number of nitrogens with one attached hydrogen (secondary N) is 1. The lowest BCUT2D eigenvalue weighted by Crippen LogP contribution is -2.51. The summed E-state index contributed by atoms with van der Waals surface area (Å²) in [5.74, 6) is -1.55. The summed E-state index contributed by atoms with van der Waals surface area (Å²) in [7, 11) is 0. The molecule has 6 nitrogen and oxygen atoms in total. The third kappa shape index (κ3) is 3.29. The molecule has 0 radical (unpaired) electrons. The predicted molar refractivity (Wildman–Crippen MR) is 93.2 cm³/mol. The van der Waals surface area contributed by atoms with Gasteiger partial charge in [0.25, 0.3) is 5.91 Å². The maximum Gasteiger partial charge on any atom is 0.334 e. The monoisotopic (exact) mass is 341 g/mol. The van der Waals surface area contributed by atoms with Crippen LogP contribution in [0.4, 0.5) is 0 Å². The number of amides is 1. The summed E-state index contributed by atoms with van der Waals surface area (Å²) in [5.41, 5.74) is -0.661. The van der Waals surface area contributed by atoms with Gasteiger partial charge in [0.15, 0.2) is 5.54 Å². The van der Waals surface area contributed by atoms with Gasteiger partial charge >= 0.3 is 5.97 Å². The van der Waals surface area contributed by atoms with Crippen molar-refractivity contribution in [3.63, 3.8) is 0 Å². The molecular weight excluding hydrogens is 318 g/mol. The van der Waals surface area contributed by atoms with Gasteiger partial charge in [-0.05, 0) is 30.9 Å². The van der Waals surface area contributed by atoms with Crippen LogP contribution in [0.25, 0.3) is 0 Å². The van der Waals surface area contributed by atoms with Crippen LogP contribution < -0.4 is 5.32 Å². The lowest BCUT2D eigenvalue weighted by molar-refractivity contribution is -0.145. The van der Waals surface area contributed by atoms with Crippen LogP contribution in [0.15, 0.2) is 42.6 Å². The number of aromatic nitrogens is 2. The molecule has 1 fully saturated rings. The van der Waals surface area contributed by atoms with Crippen LogP contribution in [0.2, 0.25) is 0 Å². The summed E-state index contributed by atoms with van der Waals surface area (Å²) < 4.78 is 1.83. The molecule has 0 saturated heterocycles. The molecule has 1 amide bonds. The van der Waals surface area contributed by atoms with E-state index in [9.17, 15) is 14.7 Å². The van der Waals surface area contributed by atoms with Gasteiger partial charge < -0.3 is 10.4 Å². The Kier molecular flexibility index (Phi) is 4.88. The molecule has 1 heterocycles. The maximum atomic E-state index is 12.7. The maximum absolute atomic E-state index is 12.7. The first-order chi connectivity index (χ1) is 12.1. The van der Waals surface area contributed by atoms with E-state index in [4.69, 9.17) is 0 Å². The van der Waals surface area contributed by atoms with Gasteiger partial charge in [-0.2, -0.15) is 5.10 Å². The van der Waals surface area contributed by atoms with Crippen molar-refractivity contribution in [3.05, 3.63) is 53.9 Å². The third-order valence-electron chi connectivity index (χ3n) is 5.03. The smallest absolute Gasteiger partial charge is 0.334 e. The topological polar surface area (TPSA) is 84.2 Å². The van der Waals surface area contributed by atoms with E-state index in [2.05, 4.69) is 10.4 Å². The highest BCUT2D eigenvalue weighted by atomic mass is 16.4. The first-order valence-electron chi connectivity index (χ1n) is 8.73. The van der Waals surface area contributed by atoms with Crippen molar-refractivity contribution in [2.75, 3.05) is 0 Å². The van der Waals surface area contributed by atoms with Crippen LogP contribution in [0.1, 0.15) is 61.1 Å². The molecule has 6 heteroatoms. The predicted octanol–water partition coefficient (Wildman–Crippen LogP) is 3.12. The van der Waals surface area contributed by atoms with E-state index in [0.29, 0.717) is 11.6 Å². The van der Waals surface area contributed by atoms with E-state index >= 15 is 0 Å². The fraction of sp³-hybridized carbons (Fsp3) is 0.421. The van der Waals surface area contributed by atoms with Crippen LogP contribution in [-0.2, 0) is 10.3 Å². The van der Waals surface area contributed by atoms with E-state index in [1.165, 1.54) is 12.8 Å². The average Bonchev–Trinajstić information content (AvgIpc) is 3.31. The summed E-state index contributed by atoms with van der Waals surface area (Å²) in [6, 6.07) is 10.8. The molecule has 0 aliphatic heterocycles. The molecule has 2 aromatic rings. The van der Waals surface area contributed by atoms with E-state index in [1.807, 2.05) is 16.9 Å². The Morgan fingerprint density at radius 3 is 2.52 bits per heavy atom. The molecule has 25 heavy (non-hydrogen) atoms. The van der Waals surface area contributed by atoms with Crippen molar-refractivity contribution in [1.82, 2.24) is 15.1 Å². The summed E-state index contributed by atoms with van der Waals surface area (Å²) >= 11 is 0. The minimum atomic E-state index is -1.46. The summed E-state index contributed by atoms with van der Waals surface area (Å²) in [6.45, 7) is 1.75. The van der Waals surface area contributed by atoms with Crippen molar-refractivity contribution in [1.29, 1.82) is 0 Å². The van der Waals surface area contributed by atoms with Gasteiger partial charge in [-0.3, -0.25) is 9.48 Å². The number of hydrogen-bond donors (Lipinski definition) is 2. The van der Waals surface area contributed by atoms with Gasteiger partial charge in [-0.15, -0.1) is 0 Å². The van der Waals surface area contributed by atoms with Gasteiger partial charge in [0.05, 0.1) is 6.04 Å². The Bertz CT molecular complexity index is 750. The van der Waals surface area contributed by atoms with Gasteiger partial charge in [-0.1, -0.05) is 50.1 Å². The van der Waals surface area contributed by atoms with Gasteiger partial charge in [-0.25, -0.2) is 4.79 Å². The molecule has 1 aromatic heterocycles. The number of rotatable bonds is 6. The molecule has 1 aliphatic rings. The highest BCUT2D eigenvalue weighted by molar-refractivity contribution is 5.96. The Labute approximate surface area is 146 Å². The fourth-order valence-corrected chi connectivity index (χ4v) is 3.50. The SMILES string of the molecule is CCC(NC(=O)c1ccn(C2CCCC2)n1)(C(=O)O)c1ccccc1. The zero-order valence-corrected chi connectivity index (χ0v) is 14.3. The van der Waals surface area contributed by atoms with Crippen LogP contribution >= 0.6 is 0 Å². The fourth-order valence-electron chi connectivity index (χ4n) is 3.50. The number of aliphatic carboxylic acids is 1. The molecule has 1 aliphatic carbocycles. The number of carboxylic acids is 1. The molecule has 3 rings (SSSR count). The third-order valence-corrected chi connectivity index (χ3v) is 5.03. The lowest BCUT2D eigenvalue weighted by Gasteiger charge is -2.29. The standard InChI is InChI=1S/C19H23N3O3/c1-2-19(18(24)25,14-8-4-3-5-9-14)20-17(23)16-12-13-22(21-16)15-10-6-7-11-15/h3-5,8-9,12-13,15H,2,6-7,10-11H2,1H3,(H,20,23)(H,24,25). The number of nitrogens with zero attached hydrogens (tertiary/aromatic N) is 2. The van der Waals surface area contributed by atoms with Gasteiger partial charge in [0.1, 0.15) is 5.69 Å². The van der Waals surface area contributed by atoms with Crippen LogP contribution in [-0.4, -0.2) is 26.8 Å². The zero-order valence-electron chi connectivity index (χ0n) is 14.3. The van der Waals surface area contributed by atoms with E-state index in [0.717, 1.165) is 12.8 Å².